The zero-order valence-corrected chi connectivity index (χ0v) is 7.76. The van der Waals surface area contributed by atoms with E-state index in [1.165, 1.54) is 0 Å². The molecule has 0 N–H and O–H groups in total. The zero-order valence-electron chi connectivity index (χ0n) is 7.76. The first-order valence-electron chi connectivity index (χ1n) is 3.99. The summed E-state index contributed by atoms with van der Waals surface area (Å²) in [6, 6.07) is 0. The van der Waals surface area contributed by atoms with E-state index in [4.69, 9.17) is 9.57 Å². The average molecular weight is 159 g/mol. The maximum atomic E-state index is 5.20. The van der Waals surface area contributed by atoms with E-state index in [1.807, 2.05) is 12.1 Å². The van der Waals surface area contributed by atoms with Crippen LogP contribution in [0.2, 0.25) is 0 Å². The molecule has 0 bridgehead atoms. The fourth-order valence-corrected chi connectivity index (χ4v) is 1.37. The van der Waals surface area contributed by atoms with Gasteiger partial charge in [0, 0.05) is 7.05 Å². The van der Waals surface area contributed by atoms with E-state index in [0.717, 1.165) is 13.2 Å². The Morgan fingerprint density at radius 3 is 2.09 bits per heavy atom. The van der Waals surface area contributed by atoms with E-state index in [2.05, 4.69) is 13.8 Å². The van der Waals surface area contributed by atoms with Gasteiger partial charge in [-0.25, -0.2) is 0 Å². The second kappa shape index (κ2) is 3.09. The van der Waals surface area contributed by atoms with Gasteiger partial charge in [0.15, 0.2) is 0 Å². The number of hydrogen-bond acceptors (Lipinski definition) is 3. The van der Waals surface area contributed by atoms with Crippen molar-refractivity contribution in [3.8, 4) is 0 Å². The highest BCUT2D eigenvalue weighted by molar-refractivity contribution is 4.95. The molecule has 0 unspecified atom stereocenters. The van der Waals surface area contributed by atoms with Crippen LogP contribution >= 0.6 is 0 Å². The molecule has 1 saturated heterocycles. The quantitative estimate of drug-likeness (QED) is 0.571. The van der Waals surface area contributed by atoms with Crippen molar-refractivity contribution < 1.29 is 9.57 Å². The third-order valence-corrected chi connectivity index (χ3v) is 2.68. The molecule has 0 aromatic heterocycles. The lowest BCUT2D eigenvalue weighted by atomic mass is 9.84. The first-order valence-corrected chi connectivity index (χ1v) is 3.99. The Kier molecular flexibility index (Phi) is 2.52. The van der Waals surface area contributed by atoms with Gasteiger partial charge in [0.2, 0.25) is 0 Å². The lowest BCUT2D eigenvalue weighted by Crippen LogP contribution is -2.63. The Labute approximate surface area is 68.2 Å². The molecule has 11 heavy (non-hydrogen) atoms. The lowest BCUT2D eigenvalue weighted by molar-refractivity contribution is -0.276. The SMILES string of the molecule is CON(C)C1(C(C)C)COC1. The summed E-state index contributed by atoms with van der Waals surface area (Å²) < 4.78 is 5.20. The minimum absolute atomic E-state index is 0.120. The monoisotopic (exact) mass is 159 g/mol. The summed E-state index contributed by atoms with van der Waals surface area (Å²) in [5.41, 5.74) is 0.120. The van der Waals surface area contributed by atoms with Crippen molar-refractivity contribution in [1.29, 1.82) is 0 Å². The third kappa shape index (κ3) is 1.28. The van der Waals surface area contributed by atoms with Crippen LogP contribution in [0.3, 0.4) is 0 Å². The summed E-state index contributed by atoms with van der Waals surface area (Å²) in [5, 5.41) is 1.90. The Balaban J connectivity index is 2.59. The van der Waals surface area contributed by atoms with Gasteiger partial charge in [0.05, 0.1) is 25.9 Å². The summed E-state index contributed by atoms with van der Waals surface area (Å²) in [5.74, 6) is 0.571. The van der Waals surface area contributed by atoms with Crippen molar-refractivity contribution in [3.63, 3.8) is 0 Å². The summed E-state index contributed by atoms with van der Waals surface area (Å²) in [4.78, 5) is 5.17. The van der Waals surface area contributed by atoms with E-state index >= 15 is 0 Å². The highest BCUT2D eigenvalue weighted by atomic mass is 16.7. The fourth-order valence-electron chi connectivity index (χ4n) is 1.37. The lowest BCUT2D eigenvalue weighted by Gasteiger charge is -2.49. The van der Waals surface area contributed by atoms with Crippen LogP contribution in [-0.2, 0) is 9.57 Å². The molecule has 3 nitrogen and oxygen atoms in total. The van der Waals surface area contributed by atoms with Gasteiger partial charge in [-0.15, -0.1) is 0 Å². The van der Waals surface area contributed by atoms with Crippen molar-refractivity contribution in [3.05, 3.63) is 0 Å². The molecule has 0 saturated carbocycles. The van der Waals surface area contributed by atoms with Crippen LogP contribution in [0.4, 0.5) is 0 Å². The summed E-state index contributed by atoms with van der Waals surface area (Å²) in [6.45, 7) is 5.96. The van der Waals surface area contributed by atoms with Gasteiger partial charge in [-0.05, 0) is 5.92 Å². The molecule has 0 radical (unpaired) electrons. The van der Waals surface area contributed by atoms with Crippen molar-refractivity contribution in [2.45, 2.75) is 19.4 Å². The highest BCUT2D eigenvalue weighted by Gasteiger charge is 2.45. The molecule has 0 spiro atoms. The number of hydroxylamine groups is 2. The summed E-state index contributed by atoms with van der Waals surface area (Å²) >= 11 is 0. The van der Waals surface area contributed by atoms with E-state index in [9.17, 15) is 0 Å². The van der Waals surface area contributed by atoms with Gasteiger partial charge in [-0.3, -0.25) is 0 Å². The number of hydrogen-bond donors (Lipinski definition) is 0. The Morgan fingerprint density at radius 2 is 2.00 bits per heavy atom. The molecule has 3 heteroatoms. The average Bonchev–Trinajstić information content (AvgIpc) is 1.84. The number of likely N-dealkylation sites (N-methyl/N-ethyl adjacent to an activating group) is 1. The first kappa shape index (κ1) is 8.97. The second-order valence-corrected chi connectivity index (χ2v) is 3.43. The molecule has 1 fully saturated rings. The molecular weight excluding hydrogens is 142 g/mol. The maximum absolute atomic E-state index is 5.20. The molecule has 1 aliphatic rings. The van der Waals surface area contributed by atoms with Gasteiger partial charge >= 0.3 is 0 Å². The maximum Gasteiger partial charge on any atom is 0.0947 e. The Hall–Kier alpha value is -0.120. The molecule has 1 aliphatic heterocycles. The third-order valence-electron chi connectivity index (χ3n) is 2.68. The van der Waals surface area contributed by atoms with Crippen LogP contribution in [0.25, 0.3) is 0 Å². The molecule has 0 aromatic rings. The van der Waals surface area contributed by atoms with E-state index < -0.39 is 0 Å². The fraction of sp³-hybridized carbons (Fsp3) is 1.00. The molecule has 1 heterocycles. The highest BCUT2D eigenvalue weighted by Crippen LogP contribution is 2.31. The van der Waals surface area contributed by atoms with Crippen molar-refractivity contribution in [2.24, 2.45) is 5.92 Å². The van der Waals surface area contributed by atoms with Gasteiger partial charge in [0.25, 0.3) is 0 Å². The Bertz CT molecular complexity index is 132. The normalized spacial score (nSPS) is 22.4. The minimum Gasteiger partial charge on any atom is -0.377 e. The van der Waals surface area contributed by atoms with Crippen molar-refractivity contribution in [1.82, 2.24) is 5.06 Å². The molecule has 66 valence electrons. The summed E-state index contributed by atoms with van der Waals surface area (Å²) in [6.07, 6.45) is 0. The van der Waals surface area contributed by atoms with Crippen LogP contribution in [0.15, 0.2) is 0 Å². The van der Waals surface area contributed by atoms with Gasteiger partial charge in [-0.1, -0.05) is 13.8 Å². The minimum atomic E-state index is 0.120. The van der Waals surface area contributed by atoms with Gasteiger partial charge < -0.3 is 9.57 Å². The predicted molar refractivity (Wildman–Crippen MR) is 43.2 cm³/mol. The Morgan fingerprint density at radius 1 is 1.45 bits per heavy atom. The van der Waals surface area contributed by atoms with Crippen molar-refractivity contribution >= 4 is 0 Å². The second-order valence-electron chi connectivity index (χ2n) is 3.43. The van der Waals surface area contributed by atoms with Gasteiger partial charge in [0.1, 0.15) is 0 Å². The zero-order chi connectivity index (χ0) is 8.48. The number of nitrogens with zero attached hydrogens (tertiary/aromatic N) is 1. The van der Waals surface area contributed by atoms with Crippen LogP contribution in [0, 0.1) is 5.92 Å². The predicted octanol–water partition coefficient (Wildman–Crippen LogP) is 0.905. The van der Waals surface area contributed by atoms with Crippen LogP contribution in [0.1, 0.15) is 13.8 Å². The van der Waals surface area contributed by atoms with Gasteiger partial charge in [-0.2, -0.15) is 5.06 Å². The number of ether oxygens (including phenoxy) is 1. The molecule has 0 amide bonds. The van der Waals surface area contributed by atoms with Crippen LogP contribution in [-0.4, -0.2) is 38.0 Å². The molecule has 1 rings (SSSR count). The van der Waals surface area contributed by atoms with Crippen LogP contribution < -0.4 is 0 Å². The molecule has 0 aliphatic carbocycles. The first-order chi connectivity index (χ1) is 5.13. The standard InChI is InChI=1S/C8H17NO2/c1-7(2)8(5-11-6-8)9(3)10-4/h7H,5-6H2,1-4H3. The molecular formula is C8H17NO2. The van der Waals surface area contributed by atoms with E-state index in [1.54, 1.807) is 7.11 Å². The summed E-state index contributed by atoms with van der Waals surface area (Å²) in [7, 11) is 3.66. The van der Waals surface area contributed by atoms with Crippen LogP contribution in [0.5, 0.6) is 0 Å². The molecule has 0 atom stereocenters. The topological polar surface area (TPSA) is 21.7 Å². The van der Waals surface area contributed by atoms with Crippen molar-refractivity contribution in [2.75, 3.05) is 27.4 Å². The largest absolute Gasteiger partial charge is 0.377 e. The van der Waals surface area contributed by atoms with E-state index in [-0.39, 0.29) is 5.54 Å². The number of rotatable bonds is 3. The molecule has 0 aromatic carbocycles. The van der Waals surface area contributed by atoms with E-state index in [0.29, 0.717) is 5.92 Å². The smallest absolute Gasteiger partial charge is 0.0947 e.